The van der Waals surface area contributed by atoms with Crippen molar-refractivity contribution in [3.63, 3.8) is 0 Å². The largest absolute Gasteiger partial charge is 0.444 e. The fourth-order valence-corrected chi connectivity index (χ4v) is 10.8. The van der Waals surface area contributed by atoms with Crippen molar-refractivity contribution in [1.29, 1.82) is 0 Å². The summed E-state index contributed by atoms with van der Waals surface area (Å²) in [5.41, 5.74) is 10.5. The number of piperazine rings is 1. The molecule has 8 rings (SSSR count). The van der Waals surface area contributed by atoms with Crippen LogP contribution in [0.3, 0.4) is 0 Å². The van der Waals surface area contributed by atoms with Gasteiger partial charge in [-0.05, 0) is 91.2 Å². The van der Waals surface area contributed by atoms with Crippen molar-refractivity contribution in [2.75, 3.05) is 106 Å². The molecule has 4 aromatic carbocycles. The predicted octanol–water partition coefficient (Wildman–Crippen LogP) is 3.55. The van der Waals surface area contributed by atoms with Gasteiger partial charge in [0.2, 0.25) is 30.0 Å². The Morgan fingerprint density at radius 2 is 1.54 bits per heavy atom. The second-order valence-electron chi connectivity index (χ2n) is 20.4. The van der Waals surface area contributed by atoms with Crippen LogP contribution in [0.2, 0.25) is 0 Å². The van der Waals surface area contributed by atoms with E-state index in [-0.39, 0.29) is 89.3 Å². The zero-order chi connectivity index (χ0) is 59.9. The number of rotatable bonds is 25. The number of nitrogens with zero attached hydrogens (tertiary/aromatic N) is 5. The summed E-state index contributed by atoms with van der Waals surface area (Å²) < 4.78 is 11.9. The van der Waals surface area contributed by atoms with Crippen LogP contribution < -0.4 is 52.2 Å². The molecule has 0 spiro atoms. The summed E-state index contributed by atoms with van der Waals surface area (Å²) in [5.74, 6) is -2.39. The molecule has 1 aromatic heterocycles. The first-order valence-corrected chi connectivity index (χ1v) is 28.7. The molecule has 84 heavy (non-hydrogen) atoms. The van der Waals surface area contributed by atoms with E-state index in [0.717, 1.165) is 56.9 Å². The second-order valence-corrected chi connectivity index (χ2v) is 21.1. The average Bonchev–Trinajstić information content (AvgIpc) is 2.50. The fourth-order valence-electron chi connectivity index (χ4n) is 10.3. The maximum absolute atomic E-state index is 14.6. The Morgan fingerprint density at radius 1 is 0.810 bits per heavy atom. The molecule has 26 heteroatoms. The second kappa shape index (κ2) is 28.9. The third-order valence-electron chi connectivity index (χ3n) is 14.7. The van der Waals surface area contributed by atoms with E-state index in [2.05, 4.69) is 64.3 Å². The number of aromatic nitrogens is 1. The van der Waals surface area contributed by atoms with Crippen LogP contribution in [0.5, 0.6) is 5.75 Å². The first-order valence-electron chi connectivity index (χ1n) is 27.6. The molecule has 444 valence electrons. The predicted molar refractivity (Wildman–Crippen MR) is 317 cm³/mol. The lowest BCUT2D eigenvalue weighted by atomic mass is 9.95. The number of fused-ring (bicyclic) bond motifs is 6. The van der Waals surface area contributed by atoms with Gasteiger partial charge < -0.3 is 61.5 Å². The quantitative estimate of drug-likeness (QED) is 0.0179. The first kappa shape index (κ1) is 61.2. The van der Waals surface area contributed by atoms with Gasteiger partial charge in [-0.3, -0.25) is 48.7 Å². The van der Waals surface area contributed by atoms with Gasteiger partial charge in [-0.25, -0.2) is 14.4 Å². The molecular weight excluding hydrogens is 1150 g/mol. The molecular formula is C58H68BrN13O12. The molecule has 0 bridgehead atoms. The number of anilines is 3. The lowest BCUT2D eigenvalue weighted by Gasteiger charge is -2.31. The Bertz CT molecular complexity index is 3310. The zero-order valence-corrected chi connectivity index (χ0v) is 48.1. The summed E-state index contributed by atoms with van der Waals surface area (Å²) in [4.78, 5) is 138. The van der Waals surface area contributed by atoms with Gasteiger partial charge in [0.1, 0.15) is 24.1 Å². The van der Waals surface area contributed by atoms with Crippen LogP contribution in [0.25, 0.3) is 21.7 Å². The van der Waals surface area contributed by atoms with Crippen LogP contribution in [-0.2, 0) is 46.5 Å². The van der Waals surface area contributed by atoms with Crippen molar-refractivity contribution >= 4 is 115 Å². The fraction of sp³-hybridized carbons (Fsp3) is 0.379. The smallest absolute Gasteiger partial charge is 0.415 e. The van der Waals surface area contributed by atoms with Crippen molar-refractivity contribution in [2.24, 2.45) is 5.73 Å². The van der Waals surface area contributed by atoms with E-state index >= 15 is 0 Å². The molecule has 25 nitrogen and oxygen atoms in total. The number of hydrogen-bond acceptors (Lipinski definition) is 14. The van der Waals surface area contributed by atoms with E-state index in [0.29, 0.717) is 78.4 Å². The maximum Gasteiger partial charge on any atom is 0.415 e. The van der Waals surface area contributed by atoms with Gasteiger partial charge in [-0.2, -0.15) is 0 Å². The maximum atomic E-state index is 14.6. The molecule has 4 heterocycles. The van der Waals surface area contributed by atoms with Gasteiger partial charge in [0.25, 0.3) is 11.8 Å². The summed E-state index contributed by atoms with van der Waals surface area (Å²) >= 11 is 3.70. The SMILES string of the molecule is C=CC(=O)N(C=O)CCCC(=O)NCCNC(=O)CNCC(=O)N[C@@H](CCCNC(N)=O)C(=O)Nc1ccc(COC(=O)N2CCc3c2ccc2[nH]c(C(=O)N4C[C@@H](CBr)c5c4cc(OC(=O)N4CCN(C)CC4)c4ccccc54)cc32)cc1. The summed E-state index contributed by atoms with van der Waals surface area (Å²) in [6.07, 6.45) is 1.59. The highest BCUT2D eigenvalue weighted by molar-refractivity contribution is 9.09. The van der Waals surface area contributed by atoms with E-state index in [1.54, 1.807) is 39.0 Å². The van der Waals surface area contributed by atoms with E-state index in [4.69, 9.17) is 15.2 Å². The molecule has 1 fully saturated rings. The van der Waals surface area contributed by atoms with Crippen molar-refractivity contribution < 1.29 is 57.4 Å². The molecule has 0 saturated carbocycles. The molecule has 11 amide bonds. The minimum atomic E-state index is -1.05. The molecule has 3 aliphatic heterocycles. The Balaban J connectivity index is 0.818. The summed E-state index contributed by atoms with van der Waals surface area (Å²) in [7, 11) is 2.02. The van der Waals surface area contributed by atoms with E-state index in [1.165, 1.54) is 0 Å². The van der Waals surface area contributed by atoms with Crippen LogP contribution >= 0.6 is 15.9 Å². The lowest BCUT2D eigenvalue weighted by Crippen LogP contribution is -2.48. The number of H-pyrrole nitrogens is 1. The molecule has 1 saturated heterocycles. The van der Waals surface area contributed by atoms with Crippen molar-refractivity contribution in [2.45, 2.75) is 50.7 Å². The number of likely N-dealkylation sites (N-methyl/N-ethyl adjacent to an activating group) is 1. The molecule has 5 aromatic rings. The molecule has 3 aliphatic rings. The van der Waals surface area contributed by atoms with Gasteiger partial charge in [-0.15, -0.1) is 0 Å². The van der Waals surface area contributed by atoms with Crippen molar-refractivity contribution in [1.82, 2.24) is 46.3 Å². The number of urea groups is 1. The van der Waals surface area contributed by atoms with E-state index < -0.39 is 47.9 Å². The lowest BCUT2D eigenvalue weighted by molar-refractivity contribution is -0.135. The number of imide groups is 1. The minimum absolute atomic E-state index is 0.0280. The van der Waals surface area contributed by atoms with Crippen LogP contribution in [0.4, 0.5) is 31.4 Å². The highest BCUT2D eigenvalue weighted by Gasteiger charge is 2.37. The van der Waals surface area contributed by atoms with E-state index in [9.17, 15) is 47.9 Å². The number of carbonyl (C=O) groups excluding carboxylic acids is 10. The standard InChI is InChI=1S/C58H68BrN13O12/c1-3-52(77)70(35-73)22-7-11-49(74)62-20-21-63-50(75)31-61-32-51(76)67-44(10-6-19-64-56(60)80)54(78)65-38-14-12-36(13-15-38)34-83-58(82)71-23-18-39-42-28-45(66-43(42)16-17-46(39)71)55(79)72-33-37(30-59)53-41-9-5-4-8-40(41)48(29-47(53)72)84-57(81)69-26-24-68(2)25-27-69/h3-5,8-9,12-17,28-29,35,37,44,61,66H,1,6-7,10-11,18-27,30-34H2,2H3,(H,62,74)(H,63,75)(H,65,78)(H,67,76)(H3,60,64,80)/t37-,44+/m1/s1. The highest BCUT2D eigenvalue weighted by Crippen LogP contribution is 2.47. The number of ether oxygens (including phenoxy) is 2. The number of hydrogen-bond donors (Lipinski definition) is 8. The zero-order valence-electron chi connectivity index (χ0n) is 46.5. The van der Waals surface area contributed by atoms with Gasteiger partial charge in [0.05, 0.1) is 24.5 Å². The topological polar surface area (TPSA) is 319 Å². The van der Waals surface area contributed by atoms with Crippen LogP contribution in [0, 0.1) is 0 Å². The number of aromatic amines is 1. The van der Waals surface area contributed by atoms with Crippen molar-refractivity contribution in [3.8, 4) is 5.75 Å². The number of halogens is 1. The number of benzene rings is 4. The molecule has 9 N–H and O–H groups in total. The van der Waals surface area contributed by atoms with Crippen LogP contribution in [-0.4, -0.2) is 177 Å². The minimum Gasteiger partial charge on any atom is -0.444 e. The Kier molecular flexibility index (Phi) is 21.0. The number of nitrogens with one attached hydrogen (secondary N) is 7. The van der Waals surface area contributed by atoms with E-state index in [1.807, 2.05) is 55.6 Å². The molecule has 0 aliphatic carbocycles. The summed E-state index contributed by atoms with van der Waals surface area (Å²) in [6.45, 7) is 6.43. The number of primary amides is 1. The Labute approximate surface area is 492 Å². The number of nitrogens with two attached hydrogens (primary N) is 1. The normalized spacial score (nSPS) is 14.9. The number of carbonyl (C=O) groups is 10. The number of amides is 11. The molecule has 0 unspecified atom stereocenters. The van der Waals surface area contributed by atoms with Gasteiger partial charge >= 0.3 is 18.2 Å². The van der Waals surface area contributed by atoms with Gasteiger partial charge in [0.15, 0.2) is 0 Å². The van der Waals surface area contributed by atoms with Crippen LogP contribution in [0.1, 0.15) is 58.8 Å². The third kappa shape index (κ3) is 15.4. The first-order chi connectivity index (χ1) is 40.5. The number of alkyl halides is 1. The third-order valence-corrected chi connectivity index (χ3v) is 15.5. The van der Waals surface area contributed by atoms with Gasteiger partial charge in [-0.1, -0.05) is 58.9 Å². The summed E-state index contributed by atoms with van der Waals surface area (Å²) in [6, 6.07) is 19.9. The van der Waals surface area contributed by atoms with Crippen molar-refractivity contribution in [3.05, 3.63) is 108 Å². The highest BCUT2D eigenvalue weighted by atomic mass is 79.9. The molecule has 2 atom stereocenters. The Morgan fingerprint density at radius 3 is 2.25 bits per heavy atom. The average molecular weight is 1220 g/mol. The molecule has 0 radical (unpaired) electrons. The van der Waals surface area contributed by atoms with Crippen LogP contribution in [0.15, 0.2) is 85.5 Å². The summed E-state index contributed by atoms with van der Waals surface area (Å²) in [5, 5.41) is 18.9. The monoisotopic (exact) mass is 1220 g/mol. The van der Waals surface area contributed by atoms with Gasteiger partial charge in [0, 0.05) is 111 Å². The Hall–Kier alpha value is -8.88.